The number of rotatable bonds is 4. The van der Waals surface area contributed by atoms with E-state index >= 15 is 0 Å². The first-order valence-corrected chi connectivity index (χ1v) is 8.62. The maximum absolute atomic E-state index is 12.2. The van der Waals surface area contributed by atoms with Gasteiger partial charge in [0.2, 0.25) is 0 Å². The number of aryl methyl sites for hydroxylation is 3. The lowest BCUT2D eigenvalue weighted by Gasteiger charge is -2.09. The highest BCUT2D eigenvalue weighted by atomic mass is 16.2. The molecule has 4 nitrogen and oxygen atoms in total. The lowest BCUT2D eigenvalue weighted by atomic mass is 10.1. The SMILES string of the molecule is Cc1ccc(-n2c(C)cc(/C=N\NC(=O)c3cccc(C)c3)c2C)cc1. The van der Waals surface area contributed by atoms with Gasteiger partial charge in [-0.3, -0.25) is 4.79 Å². The van der Waals surface area contributed by atoms with Gasteiger partial charge < -0.3 is 4.57 Å². The predicted molar refractivity (Wildman–Crippen MR) is 106 cm³/mol. The third-order valence-corrected chi connectivity index (χ3v) is 4.41. The monoisotopic (exact) mass is 345 g/mol. The first kappa shape index (κ1) is 17.7. The van der Waals surface area contributed by atoms with Gasteiger partial charge >= 0.3 is 0 Å². The van der Waals surface area contributed by atoms with Crippen LogP contribution in [0.1, 0.15) is 38.4 Å². The molecule has 0 aliphatic rings. The Labute approximate surface area is 154 Å². The van der Waals surface area contributed by atoms with E-state index in [9.17, 15) is 4.79 Å². The van der Waals surface area contributed by atoms with Gasteiger partial charge in [-0.05, 0) is 58.0 Å². The normalized spacial score (nSPS) is 11.1. The summed E-state index contributed by atoms with van der Waals surface area (Å²) in [5.74, 6) is -0.211. The van der Waals surface area contributed by atoms with E-state index < -0.39 is 0 Å². The molecule has 1 amide bonds. The van der Waals surface area contributed by atoms with Crippen LogP contribution in [0.3, 0.4) is 0 Å². The standard InChI is InChI=1S/C22H23N3O/c1-15-8-10-21(11-9-15)25-17(3)13-20(18(25)4)14-23-24-22(26)19-7-5-6-16(2)12-19/h5-14H,1-4H3,(H,24,26)/b23-14-. The minimum Gasteiger partial charge on any atom is -0.318 e. The maximum Gasteiger partial charge on any atom is 0.271 e. The molecule has 0 radical (unpaired) electrons. The average Bonchev–Trinajstić information content (AvgIpc) is 2.89. The van der Waals surface area contributed by atoms with Gasteiger partial charge in [0.15, 0.2) is 0 Å². The van der Waals surface area contributed by atoms with Gasteiger partial charge in [0, 0.05) is 28.2 Å². The Kier molecular flexibility index (Phi) is 5.03. The van der Waals surface area contributed by atoms with Crippen molar-refractivity contribution < 1.29 is 4.79 Å². The van der Waals surface area contributed by atoms with Gasteiger partial charge in [-0.15, -0.1) is 0 Å². The molecule has 0 atom stereocenters. The molecule has 1 heterocycles. The zero-order valence-corrected chi connectivity index (χ0v) is 15.6. The number of benzene rings is 2. The summed E-state index contributed by atoms with van der Waals surface area (Å²) in [7, 11) is 0. The average molecular weight is 345 g/mol. The van der Waals surface area contributed by atoms with E-state index in [1.165, 1.54) is 5.56 Å². The van der Waals surface area contributed by atoms with Gasteiger partial charge in [0.05, 0.1) is 6.21 Å². The number of hydrogen-bond acceptors (Lipinski definition) is 2. The fraction of sp³-hybridized carbons (Fsp3) is 0.182. The van der Waals surface area contributed by atoms with Gasteiger partial charge in [-0.1, -0.05) is 35.4 Å². The Morgan fingerprint density at radius 2 is 1.69 bits per heavy atom. The van der Waals surface area contributed by atoms with Crippen molar-refractivity contribution in [3.63, 3.8) is 0 Å². The predicted octanol–water partition coefficient (Wildman–Crippen LogP) is 4.47. The number of carbonyl (C=O) groups excluding carboxylic acids is 1. The largest absolute Gasteiger partial charge is 0.318 e. The molecular weight excluding hydrogens is 322 g/mol. The Balaban J connectivity index is 1.78. The summed E-state index contributed by atoms with van der Waals surface area (Å²) in [6.45, 7) is 8.15. The third-order valence-electron chi connectivity index (χ3n) is 4.41. The second-order valence-corrected chi connectivity index (χ2v) is 6.57. The summed E-state index contributed by atoms with van der Waals surface area (Å²) >= 11 is 0. The van der Waals surface area contributed by atoms with Crippen LogP contribution in [-0.2, 0) is 0 Å². The first-order chi connectivity index (χ1) is 12.5. The zero-order chi connectivity index (χ0) is 18.7. The van der Waals surface area contributed by atoms with Crippen molar-refractivity contribution in [2.75, 3.05) is 0 Å². The zero-order valence-electron chi connectivity index (χ0n) is 15.6. The molecule has 2 aromatic carbocycles. The highest BCUT2D eigenvalue weighted by Crippen LogP contribution is 2.20. The number of aromatic nitrogens is 1. The Hall–Kier alpha value is -3.14. The van der Waals surface area contributed by atoms with Gasteiger partial charge in [-0.2, -0.15) is 5.10 Å². The third kappa shape index (κ3) is 3.75. The topological polar surface area (TPSA) is 46.4 Å². The summed E-state index contributed by atoms with van der Waals surface area (Å²) in [6, 6.07) is 17.9. The minimum atomic E-state index is -0.211. The van der Waals surface area contributed by atoms with Crippen LogP contribution in [0.15, 0.2) is 59.7 Å². The molecule has 0 spiro atoms. The van der Waals surface area contributed by atoms with E-state index in [0.717, 1.165) is 28.2 Å². The summed E-state index contributed by atoms with van der Waals surface area (Å²) in [6.07, 6.45) is 1.70. The molecule has 3 aromatic rings. The highest BCUT2D eigenvalue weighted by molar-refractivity contribution is 5.95. The smallest absolute Gasteiger partial charge is 0.271 e. The molecule has 0 saturated heterocycles. The molecule has 0 bridgehead atoms. The van der Waals surface area contributed by atoms with Crippen molar-refractivity contribution in [3.8, 4) is 5.69 Å². The van der Waals surface area contributed by atoms with Crippen LogP contribution in [0.2, 0.25) is 0 Å². The van der Waals surface area contributed by atoms with Crippen molar-refractivity contribution in [3.05, 3.63) is 88.2 Å². The Morgan fingerprint density at radius 1 is 0.962 bits per heavy atom. The lowest BCUT2D eigenvalue weighted by molar-refractivity contribution is 0.0955. The summed E-state index contributed by atoms with van der Waals surface area (Å²) in [5.41, 5.74) is 9.79. The molecule has 26 heavy (non-hydrogen) atoms. The molecular formula is C22H23N3O. The van der Waals surface area contributed by atoms with E-state index in [1.807, 2.05) is 25.1 Å². The van der Waals surface area contributed by atoms with Crippen molar-refractivity contribution in [2.45, 2.75) is 27.7 Å². The van der Waals surface area contributed by atoms with Crippen molar-refractivity contribution in [2.24, 2.45) is 5.10 Å². The van der Waals surface area contributed by atoms with Crippen LogP contribution in [-0.4, -0.2) is 16.7 Å². The molecule has 132 valence electrons. The second-order valence-electron chi connectivity index (χ2n) is 6.57. The number of amides is 1. The van der Waals surface area contributed by atoms with E-state index in [0.29, 0.717) is 5.56 Å². The quantitative estimate of drug-likeness (QED) is 0.550. The maximum atomic E-state index is 12.2. The van der Waals surface area contributed by atoms with Crippen LogP contribution in [0.5, 0.6) is 0 Å². The summed E-state index contributed by atoms with van der Waals surface area (Å²) < 4.78 is 2.18. The van der Waals surface area contributed by atoms with Crippen LogP contribution in [0.25, 0.3) is 5.69 Å². The summed E-state index contributed by atoms with van der Waals surface area (Å²) in [5, 5.41) is 4.13. The molecule has 0 fully saturated rings. The fourth-order valence-corrected chi connectivity index (χ4v) is 3.02. The van der Waals surface area contributed by atoms with Crippen LogP contribution >= 0.6 is 0 Å². The lowest BCUT2D eigenvalue weighted by Crippen LogP contribution is -2.17. The Bertz CT molecular complexity index is 966. The number of hydrogen-bond donors (Lipinski definition) is 1. The summed E-state index contributed by atoms with van der Waals surface area (Å²) in [4.78, 5) is 12.2. The van der Waals surface area contributed by atoms with Crippen LogP contribution in [0, 0.1) is 27.7 Å². The minimum absolute atomic E-state index is 0.211. The number of carbonyl (C=O) groups is 1. The molecule has 0 unspecified atom stereocenters. The molecule has 3 rings (SSSR count). The molecule has 0 aliphatic carbocycles. The highest BCUT2D eigenvalue weighted by Gasteiger charge is 2.09. The van der Waals surface area contributed by atoms with Crippen LogP contribution < -0.4 is 5.43 Å². The fourth-order valence-electron chi connectivity index (χ4n) is 3.02. The van der Waals surface area contributed by atoms with Crippen LogP contribution in [0.4, 0.5) is 0 Å². The first-order valence-electron chi connectivity index (χ1n) is 8.62. The number of nitrogens with one attached hydrogen (secondary N) is 1. The number of hydrazone groups is 1. The Morgan fingerprint density at radius 3 is 2.38 bits per heavy atom. The second kappa shape index (κ2) is 7.40. The van der Waals surface area contributed by atoms with E-state index in [4.69, 9.17) is 0 Å². The molecule has 1 N–H and O–H groups in total. The van der Waals surface area contributed by atoms with Gasteiger partial charge in [0.1, 0.15) is 0 Å². The van der Waals surface area contributed by atoms with Crippen molar-refractivity contribution in [1.82, 2.24) is 9.99 Å². The van der Waals surface area contributed by atoms with E-state index in [2.05, 4.69) is 66.2 Å². The molecule has 4 heteroatoms. The van der Waals surface area contributed by atoms with Gasteiger partial charge in [0.25, 0.3) is 5.91 Å². The van der Waals surface area contributed by atoms with E-state index in [1.54, 1.807) is 12.3 Å². The van der Waals surface area contributed by atoms with Crippen molar-refractivity contribution >= 4 is 12.1 Å². The molecule has 1 aromatic heterocycles. The molecule has 0 saturated carbocycles. The van der Waals surface area contributed by atoms with Crippen molar-refractivity contribution in [1.29, 1.82) is 0 Å². The molecule has 0 aliphatic heterocycles. The van der Waals surface area contributed by atoms with E-state index in [-0.39, 0.29) is 5.91 Å². The van der Waals surface area contributed by atoms with Gasteiger partial charge in [-0.25, -0.2) is 5.43 Å². The number of nitrogens with zero attached hydrogens (tertiary/aromatic N) is 2.